The molecular formula is C12H18B2. The van der Waals surface area contributed by atoms with E-state index in [9.17, 15) is 0 Å². The smallest absolute Gasteiger partial charge is 0.102 e. The molecule has 0 aromatic heterocycles. The van der Waals surface area contributed by atoms with E-state index in [1.165, 1.54) is 11.0 Å². The fraction of sp³-hybridized carbons (Fsp3) is 0.500. The lowest BCUT2D eigenvalue weighted by Crippen LogP contribution is -2.22. The van der Waals surface area contributed by atoms with Crippen molar-refractivity contribution in [3.63, 3.8) is 0 Å². The van der Waals surface area contributed by atoms with E-state index < -0.39 is 0 Å². The highest BCUT2D eigenvalue weighted by Gasteiger charge is 2.36. The molecule has 1 rings (SSSR count). The van der Waals surface area contributed by atoms with Crippen LogP contribution in [0.4, 0.5) is 0 Å². The number of rotatable bonds is 3. The highest BCUT2D eigenvalue weighted by atomic mass is 14.3. The molecule has 0 bridgehead atoms. The monoisotopic (exact) mass is 184 g/mol. The Bertz CT molecular complexity index is 287. The van der Waals surface area contributed by atoms with Crippen LogP contribution >= 0.6 is 0 Å². The lowest BCUT2D eigenvalue weighted by molar-refractivity contribution is 0.509. The van der Waals surface area contributed by atoms with Gasteiger partial charge in [0.1, 0.15) is 7.17 Å². The van der Waals surface area contributed by atoms with Crippen LogP contribution in [-0.2, 0) is 0 Å². The first-order valence-electron chi connectivity index (χ1n) is 5.22. The molecule has 0 N–H and O–H groups in total. The van der Waals surface area contributed by atoms with Gasteiger partial charge in [-0.05, 0) is 11.2 Å². The van der Waals surface area contributed by atoms with E-state index in [1.807, 2.05) is 12.2 Å². The molecule has 1 aliphatic rings. The lowest BCUT2D eigenvalue weighted by atomic mass is 9.30. The SMILES string of the molecule is C=C/C=C\C1=C(C)[B][B]C1(C)C(C)C. The van der Waals surface area contributed by atoms with Crippen molar-refractivity contribution in [2.24, 2.45) is 5.92 Å². The number of allylic oxidation sites excluding steroid dienone is 5. The molecule has 72 valence electrons. The van der Waals surface area contributed by atoms with Gasteiger partial charge in [-0.1, -0.05) is 58.1 Å². The molecule has 0 saturated heterocycles. The summed E-state index contributed by atoms with van der Waals surface area (Å²) in [6.07, 6.45) is 6.04. The van der Waals surface area contributed by atoms with E-state index in [2.05, 4.69) is 54.7 Å². The van der Waals surface area contributed by atoms with Crippen molar-refractivity contribution in [1.29, 1.82) is 0 Å². The van der Waals surface area contributed by atoms with Crippen LogP contribution in [0.25, 0.3) is 0 Å². The Morgan fingerprint density at radius 1 is 1.43 bits per heavy atom. The van der Waals surface area contributed by atoms with Gasteiger partial charge in [-0.3, -0.25) is 0 Å². The molecule has 0 aromatic carbocycles. The molecule has 0 aromatic rings. The first-order chi connectivity index (χ1) is 6.52. The summed E-state index contributed by atoms with van der Waals surface area (Å²) in [5, 5.41) is 0.198. The largest absolute Gasteiger partial charge is 0.118 e. The van der Waals surface area contributed by atoms with Gasteiger partial charge in [-0.25, -0.2) is 0 Å². The van der Waals surface area contributed by atoms with E-state index in [0.717, 1.165) is 0 Å². The second-order valence-corrected chi connectivity index (χ2v) is 4.46. The maximum absolute atomic E-state index is 3.71. The molecule has 0 saturated carbocycles. The second-order valence-electron chi connectivity index (χ2n) is 4.46. The molecule has 1 unspecified atom stereocenters. The van der Waals surface area contributed by atoms with E-state index in [0.29, 0.717) is 5.92 Å². The first-order valence-corrected chi connectivity index (χ1v) is 5.22. The molecule has 0 aliphatic carbocycles. The van der Waals surface area contributed by atoms with Gasteiger partial charge in [0.15, 0.2) is 0 Å². The van der Waals surface area contributed by atoms with E-state index in [1.54, 1.807) is 0 Å². The molecule has 1 atom stereocenters. The normalized spacial score (nSPS) is 26.9. The van der Waals surface area contributed by atoms with Crippen molar-refractivity contribution in [2.45, 2.75) is 33.0 Å². The molecule has 1 aliphatic heterocycles. The topological polar surface area (TPSA) is 0 Å². The van der Waals surface area contributed by atoms with Crippen LogP contribution in [0.3, 0.4) is 0 Å². The Morgan fingerprint density at radius 2 is 2.07 bits per heavy atom. The summed E-state index contributed by atoms with van der Waals surface area (Å²) in [6, 6.07) is 0. The zero-order valence-electron chi connectivity index (χ0n) is 9.67. The van der Waals surface area contributed by atoms with Crippen LogP contribution in [0.5, 0.6) is 0 Å². The average Bonchev–Trinajstić information content (AvgIpc) is 2.42. The summed E-state index contributed by atoms with van der Waals surface area (Å²) in [6.45, 7) is 12.7. The highest BCUT2D eigenvalue weighted by Crippen LogP contribution is 2.47. The molecule has 0 fully saturated rings. The fourth-order valence-corrected chi connectivity index (χ4v) is 1.88. The minimum absolute atomic E-state index is 0.198. The van der Waals surface area contributed by atoms with Gasteiger partial charge >= 0.3 is 0 Å². The van der Waals surface area contributed by atoms with Gasteiger partial charge in [0.05, 0.1) is 7.17 Å². The van der Waals surface area contributed by atoms with Gasteiger partial charge in [-0.15, -0.1) is 5.47 Å². The molecule has 2 heteroatoms. The van der Waals surface area contributed by atoms with Crippen LogP contribution in [0.15, 0.2) is 35.9 Å². The summed E-state index contributed by atoms with van der Waals surface area (Å²) < 4.78 is 0. The van der Waals surface area contributed by atoms with E-state index in [-0.39, 0.29) is 5.31 Å². The molecule has 1 heterocycles. The quantitative estimate of drug-likeness (QED) is 0.466. The molecule has 2 radical (unpaired) electrons. The first kappa shape index (κ1) is 11.4. The highest BCUT2D eigenvalue weighted by molar-refractivity contribution is 7.07. The van der Waals surface area contributed by atoms with Gasteiger partial charge < -0.3 is 0 Å². The third kappa shape index (κ3) is 1.89. The Hall–Kier alpha value is -0.650. The van der Waals surface area contributed by atoms with Crippen molar-refractivity contribution in [1.82, 2.24) is 0 Å². The second kappa shape index (κ2) is 4.25. The van der Waals surface area contributed by atoms with Crippen molar-refractivity contribution in [2.75, 3.05) is 0 Å². The van der Waals surface area contributed by atoms with Crippen LogP contribution in [0, 0.1) is 5.92 Å². The molecule has 0 nitrogen and oxygen atoms in total. The summed E-state index contributed by atoms with van der Waals surface area (Å²) in [5.41, 5.74) is 2.80. The summed E-state index contributed by atoms with van der Waals surface area (Å²) >= 11 is 0. The predicted molar refractivity (Wildman–Crippen MR) is 66.8 cm³/mol. The summed E-state index contributed by atoms with van der Waals surface area (Å²) in [4.78, 5) is 0. The Labute approximate surface area is 89.6 Å². The minimum Gasteiger partial charge on any atom is -0.118 e. The lowest BCUT2D eigenvalue weighted by Gasteiger charge is -2.32. The van der Waals surface area contributed by atoms with Crippen molar-refractivity contribution >= 4 is 14.3 Å². The van der Waals surface area contributed by atoms with Crippen molar-refractivity contribution in [3.05, 3.63) is 35.9 Å². The molecular weight excluding hydrogens is 166 g/mol. The van der Waals surface area contributed by atoms with Gasteiger partial charge in [0.25, 0.3) is 0 Å². The van der Waals surface area contributed by atoms with Crippen molar-refractivity contribution in [3.8, 4) is 0 Å². The van der Waals surface area contributed by atoms with Crippen LogP contribution in [-0.4, -0.2) is 14.3 Å². The maximum Gasteiger partial charge on any atom is 0.102 e. The molecule has 0 amide bonds. The zero-order chi connectivity index (χ0) is 10.8. The van der Waals surface area contributed by atoms with Gasteiger partial charge in [0.2, 0.25) is 0 Å². The van der Waals surface area contributed by atoms with E-state index in [4.69, 9.17) is 0 Å². The van der Waals surface area contributed by atoms with Crippen LogP contribution < -0.4 is 0 Å². The Morgan fingerprint density at radius 3 is 2.57 bits per heavy atom. The third-order valence-corrected chi connectivity index (χ3v) is 3.28. The number of hydrogen-bond donors (Lipinski definition) is 0. The van der Waals surface area contributed by atoms with Gasteiger partial charge in [-0.2, -0.15) is 0 Å². The minimum atomic E-state index is 0.198. The van der Waals surface area contributed by atoms with Gasteiger partial charge in [0, 0.05) is 0 Å². The maximum atomic E-state index is 3.71. The summed E-state index contributed by atoms with van der Waals surface area (Å²) in [7, 11) is 4.54. The Kier molecular flexibility index (Phi) is 3.47. The summed E-state index contributed by atoms with van der Waals surface area (Å²) in [5.74, 6) is 0.626. The van der Waals surface area contributed by atoms with Crippen LogP contribution in [0.2, 0.25) is 5.31 Å². The van der Waals surface area contributed by atoms with Crippen molar-refractivity contribution < 1.29 is 0 Å². The standard InChI is InChI=1S/C12H18B2/c1-6-7-8-11-10(4)13-14-12(11,5)9(2)3/h6-9H,1H2,2-5H3/b8-7-. The predicted octanol–water partition coefficient (Wildman–Crippen LogP) is 3.17. The zero-order valence-corrected chi connectivity index (χ0v) is 9.67. The fourth-order valence-electron chi connectivity index (χ4n) is 1.88. The average molecular weight is 184 g/mol. The third-order valence-electron chi connectivity index (χ3n) is 3.28. The van der Waals surface area contributed by atoms with E-state index >= 15 is 0 Å². The molecule has 14 heavy (non-hydrogen) atoms. The Balaban J connectivity index is 3.02. The van der Waals surface area contributed by atoms with Crippen LogP contribution in [0.1, 0.15) is 27.7 Å². The number of hydrogen-bond acceptors (Lipinski definition) is 0. The molecule has 0 spiro atoms.